The Morgan fingerprint density at radius 2 is 1.78 bits per heavy atom. The highest BCUT2D eigenvalue weighted by Gasteiger charge is 2.34. The molecule has 1 aliphatic carbocycles. The Labute approximate surface area is 138 Å². The summed E-state index contributed by atoms with van der Waals surface area (Å²) in [6, 6.07) is 4.35. The number of hydrogen-bond acceptors (Lipinski definition) is 2. The maximum absolute atomic E-state index is 12.6. The van der Waals surface area contributed by atoms with Gasteiger partial charge in [-0.2, -0.15) is 13.2 Å². The average Bonchev–Trinajstić information content (AvgIpc) is 2.46. The van der Waals surface area contributed by atoms with Crippen LogP contribution in [0.1, 0.15) is 45.6 Å². The molecule has 6 heteroatoms. The molecule has 0 radical (unpaired) electrons. The van der Waals surface area contributed by atoms with Crippen molar-refractivity contribution in [2.75, 3.05) is 0 Å². The molecule has 130 valence electrons. The predicted molar refractivity (Wildman–Crippen MR) is 84.1 cm³/mol. The van der Waals surface area contributed by atoms with E-state index in [2.05, 4.69) is 20.8 Å². The summed E-state index contributed by atoms with van der Waals surface area (Å²) in [6.07, 6.45) is -1.48. The van der Waals surface area contributed by atoms with E-state index in [1.54, 1.807) is 0 Å². The van der Waals surface area contributed by atoms with Crippen LogP contribution in [0.4, 0.5) is 13.2 Å². The van der Waals surface area contributed by atoms with Gasteiger partial charge in [-0.1, -0.05) is 27.2 Å². The Bertz CT molecular complexity index is 540. The second-order valence-electron chi connectivity index (χ2n) is 6.72. The lowest BCUT2D eigenvalue weighted by Crippen LogP contribution is -2.34. The van der Waals surface area contributed by atoms with Gasteiger partial charge in [0.2, 0.25) is 0 Å². The maximum Gasteiger partial charge on any atom is 0.416 e. The zero-order valence-corrected chi connectivity index (χ0v) is 14.4. The molecule has 0 aliphatic heterocycles. The van der Waals surface area contributed by atoms with Gasteiger partial charge in [-0.15, -0.1) is 0 Å². The fraction of sp³-hybridized carbons (Fsp3) is 0.647. The minimum absolute atomic E-state index is 0.109. The number of rotatable bonds is 4. The van der Waals surface area contributed by atoms with Gasteiger partial charge in [0, 0.05) is 0 Å². The van der Waals surface area contributed by atoms with Gasteiger partial charge in [-0.25, -0.2) is 4.21 Å². The van der Waals surface area contributed by atoms with Crippen LogP contribution in [0.5, 0.6) is 0 Å². The maximum atomic E-state index is 12.6. The largest absolute Gasteiger partial charge is 0.416 e. The first-order valence-electron chi connectivity index (χ1n) is 7.94. The van der Waals surface area contributed by atoms with E-state index in [1.165, 1.54) is 12.1 Å². The first-order chi connectivity index (χ1) is 10.7. The van der Waals surface area contributed by atoms with E-state index < -0.39 is 22.8 Å². The van der Waals surface area contributed by atoms with Crippen LogP contribution in [-0.4, -0.2) is 10.3 Å². The second kappa shape index (κ2) is 7.34. The predicted octanol–water partition coefficient (Wildman–Crippen LogP) is 5.21. The molecule has 0 N–H and O–H groups in total. The van der Waals surface area contributed by atoms with E-state index in [4.69, 9.17) is 4.18 Å². The minimum Gasteiger partial charge on any atom is -0.283 e. The molecule has 4 atom stereocenters. The molecule has 2 nitrogen and oxygen atoms in total. The van der Waals surface area contributed by atoms with Crippen molar-refractivity contribution < 1.29 is 21.6 Å². The molecule has 0 spiro atoms. The standard InChI is InChI=1S/C17H23F3O2S/c1-11(2)15-9-4-12(3)10-16(15)22-23(21)14-7-5-13(6-8-14)17(18,19)20/h5-8,11-12,15-16H,4,9-10H2,1-3H3/t12-,15+,16-,23+/m1/s1. The van der Waals surface area contributed by atoms with Crippen molar-refractivity contribution in [2.24, 2.45) is 17.8 Å². The average molecular weight is 348 g/mol. The molecule has 0 unspecified atom stereocenters. The van der Waals surface area contributed by atoms with Crippen LogP contribution in [0, 0.1) is 17.8 Å². The smallest absolute Gasteiger partial charge is 0.283 e. The molecule has 1 aliphatic rings. The Balaban J connectivity index is 2.08. The van der Waals surface area contributed by atoms with Gasteiger partial charge in [0.25, 0.3) is 0 Å². The number of halogens is 3. The summed E-state index contributed by atoms with van der Waals surface area (Å²) in [6.45, 7) is 6.39. The van der Waals surface area contributed by atoms with Crippen LogP contribution >= 0.6 is 0 Å². The molecule has 0 aromatic heterocycles. The van der Waals surface area contributed by atoms with Gasteiger partial charge >= 0.3 is 6.18 Å². The number of hydrogen-bond donors (Lipinski definition) is 0. The number of alkyl halides is 3. The van der Waals surface area contributed by atoms with E-state index in [1.807, 2.05) is 0 Å². The zero-order chi connectivity index (χ0) is 17.2. The van der Waals surface area contributed by atoms with E-state index in [-0.39, 0.29) is 11.0 Å². The van der Waals surface area contributed by atoms with Crippen molar-refractivity contribution in [3.05, 3.63) is 29.8 Å². The Hall–Kier alpha value is -0.880. The summed E-state index contributed by atoms with van der Waals surface area (Å²) in [5, 5.41) is 0. The van der Waals surface area contributed by atoms with Gasteiger partial charge < -0.3 is 0 Å². The van der Waals surface area contributed by atoms with Crippen molar-refractivity contribution in [1.29, 1.82) is 0 Å². The summed E-state index contributed by atoms with van der Waals surface area (Å²) >= 11 is -1.74. The lowest BCUT2D eigenvalue weighted by molar-refractivity contribution is -0.137. The Morgan fingerprint density at radius 1 is 1.17 bits per heavy atom. The minimum atomic E-state index is -4.39. The van der Waals surface area contributed by atoms with Crippen LogP contribution in [0.3, 0.4) is 0 Å². The van der Waals surface area contributed by atoms with E-state index in [0.717, 1.165) is 31.4 Å². The first kappa shape index (κ1) is 18.5. The van der Waals surface area contributed by atoms with Crippen molar-refractivity contribution in [3.8, 4) is 0 Å². The molecule has 2 rings (SSSR count). The van der Waals surface area contributed by atoms with Crippen molar-refractivity contribution in [2.45, 2.75) is 57.2 Å². The van der Waals surface area contributed by atoms with Crippen LogP contribution in [0.2, 0.25) is 0 Å². The molecule has 1 saturated carbocycles. The summed E-state index contributed by atoms with van der Waals surface area (Å²) in [7, 11) is 0. The molecule has 1 aromatic rings. The van der Waals surface area contributed by atoms with Gasteiger partial charge in [-0.05, 0) is 54.9 Å². The van der Waals surface area contributed by atoms with Gasteiger partial charge in [0.05, 0.1) is 16.6 Å². The van der Waals surface area contributed by atoms with Gasteiger partial charge in [0.15, 0.2) is 11.1 Å². The van der Waals surface area contributed by atoms with Crippen LogP contribution in [0.15, 0.2) is 29.2 Å². The summed E-state index contributed by atoms with van der Waals surface area (Å²) < 4.78 is 55.8. The van der Waals surface area contributed by atoms with Crippen LogP contribution in [0.25, 0.3) is 0 Å². The van der Waals surface area contributed by atoms with E-state index in [9.17, 15) is 17.4 Å². The zero-order valence-electron chi connectivity index (χ0n) is 13.6. The monoisotopic (exact) mass is 348 g/mol. The van der Waals surface area contributed by atoms with E-state index in [0.29, 0.717) is 17.8 Å². The third kappa shape index (κ3) is 4.80. The molecule has 1 fully saturated rings. The topological polar surface area (TPSA) is 26.3 Å². The fourth-order valence-electron chi connectivity index (χ4n) is 3.15. The Kier molecular flexibility index (Phi) is 5.89. The highest BCUT2D eigenvalue weighted by atomic mass is 32.2. The highest BCUT2D eigenvalue weighted by Crippen LogP contribution is 2.36. The molecule has 0 amide bonds. The summed E-state index contributed by atoms with van der Waals surface area (Å²) in [4.78, 5) is 0.277. The molecular formula is C17H23F3O2S. The fourth-order valence-corrected chi connectivity index (χ4v) is 4.06. The van der Waals surface area contributed by atoms with Gasteiger partial charge in [0.1, 0.15) is 0 Å². The molecule has 0 saturated heterocycles. The van der Waals surface area contributed by atoms with E-state index >= 15 is 0 Å². The van der Waals surface area contributed by atoms with Crippen molar-refractivity contribution in [1.82, 2.24) is 0 Å². The molecule has 23 heavy (non-hydrogen) atoms. The normalized spacial score (nSPS) is 27.2. The molecule has 0 heterocycles. The summed E-state index contributed by atoms with van der Waals surface area (Å²) in [5.41, 5.74) is -0.746. The first-order valence-corrected chi connectivity index (χ1v) is 9.02. The second-order valence-corrected chi connectivity index (χ2v) is 7.85. The van der Waals surface area contributed by atoms with Crippen molar-refractivity contribution >= 4 is 11.1 Å². The third-order valence-corrected chi connectivity index (χ3v) is 5.63. The summed E-state index contributed by atoms with van der Waals surface area (Å²) in [5.74, 6) is 1.28. The Morgan fingerprint density at radius 3 is 2.30 bits per heavy atom. The van der Waals surface area contributed by atoms with Gasteiger partial charge in [-0.3, -0.25) is 4.18 Å². The van der Waals surface area contributed by atoms with Crippen LogP contribution in [-0.2, 0) is 21.4 Å². The van der Waals surface area contributed by atoms with Crippen LogP contribution < -0.4 is 0 Å². The lowest BCUT2D eigenvalue weighted by Gasteiger charge is -2.36. The molecular weight excluding hydrogens is 325 g/mol. The quantitative estimate of drug-likeness (QED) is 0.747. The molecule has 1 aromatic carbocycles. The third-order valence-electron chi connectivity index (χ3n) is 4.55. The SMILES string of the molecule is CC(C)[C@@H]1CC[C@@H](C)C[C@H]1O[S@](=O)c1ccc(C(F)(F)F)cc1. The van der Waals surface area contributed by atoms with Crippen molar-refractivity contribution in [3.63, 3.8) is 0 Å². The molecule has 0 bridgehead atoms. The lowest BCUT2D eigenvalue weighted by atomic mass is 9.75. The number of benzene rings is 1. The highest BCUT2D eigenvalue weighted by molar-refractivity contribution is 7.80.